The first kappa shape index (κ1) is 10.4. The Morgan fingerprint density at radius 2 is 2.12 bits per heavy atom. The van der Waals surface area contributed by atoms with Crippen molar-refractivity contribution < 1.29 is 9.90 Å². The molecule has 0 saturated heterocycles. The zero-order chi connectivity index (χ0) is 11.4. The number of H-pyrrole nitrogens is 1. The Hall–Kier alpha value is -2.14. The number of amides is 1. The quantitative estimate of drug-likeness (QED) is 0.721. The topological polar surface area (TPSA) is 78.0 Å². The van der Waals surface area contributed by atoms with E-state index in [4.69, 9.17) is 5.11 Å². The van der Waals surface area contributed by atoms with E-state index in [1.807, 2.05) is 0 Å². The number of aromatic nitrogens is 2. The van der Waals surface area contributed by atoms with Crippen LogP contribution < -0.4 is 5.32 Å². The molecule has 0 atom stereocenters. The van der Waals surface area contributed by atoms with Gasteiger partial charge in [-0.25, -0.2) is 0 Å². The molecule has 1 aromatic carbocycles. The number of carbonyl (C=O) groups excluding carboxylic acids is 1. The van der Waals surface area contributed by atoms with Crippen LogP contribution in [-0.2, 0) is 6.61 Å². The van der Waals surface area contributed by atoms with Gasteiger partial charge >= 0.3 is 0 Å². The first-order chi connectivity index (χ1) is 7.79. The summed E-state index contributed by atoms with van der Waals surface area (Å²) in [4.78, 5) is 11.7. The van der Waals surface area contributed by atoms with Crippen molar-refractivity contribution >= 4 is 11.6 Å². The molecule has 1 heterocycles. The molecule has 0 aliphatic heterocycles. The molecule has 16 heavy (non-hydrogen) atoms. The van der Waals surface area contributed by atoms with Gasteiger partial charge < -0.3 is 10.4 Å². The van der Waals surface area contributed by atoms with Gasteiger partial charge in [0.1, 0.15) is 0 Å². The fraction of sp³-hybridized carbons (Fsp3) is 0.0909. The predicted molar refractivity (Wildman–Crippen MR) is 58.9 cm³/mol. The minimum Gasteiger partial charge on any atom is -0.392 e. The van der Waals surface area contributed by atoms with E-state index in [0.29, 0.717) is 11.3 Å². The highest BCUT2D eigenvalue weighted by atomic mass is 16.3. The third-order valence-electron chi connectivity index (χ3n) is 2.15. The number of nitrogens with zero attached hydrogens (tertiary/aromatic N) is 1. The predicted octanol–water partition coefficient (Wildman–Crippen LogP) is 1.15. The fourth-order valence-electron chi connectivity index (χ4n) is 1.28. The number of nitrogens with one attached hydrogen (secondary N) is 2. The molecule has 2 aromatic rings. The van der Waals surface area contributed by atoms with Crippen molar-refractivity contribution in [2.75, 3.05) is 5.32 Å². The van der Waals surface area contributed by atoms with Gasteiger partial charge in [-0.15, -0.1) is 0 Å². The summed E-state index contributed by atoms with van der Waals surface area (Å²) in [6.07, 6.45) is 3.12. The standard InChI is InChI=1S/C11H11N3O2/c15-7-8-1-3-9(4-2-8)11(16)14-10-5-12-13-6-10/h1-6,15H,7H2,(H,12,13)(H,14,16). The SMILES string of the molecule is O=C(Nc1cn[nH]c1)c1ccc(CO)cc1. The number of anilines is 1. The van der Waals surface area contributed by atoms with Gasteiger partial charge in [0.2, 0.25) is 0 Å². The molecule has 82 valence electrons. The molecular weight excluding hydrogens is 206 g/mol. The van der Waals surface area contributed by atoms with Crippen LogP contribution >= 0.6 is 0 Å². The zero-order valence-electron chi connectivity index (χ0n) is 8.47. The van der Waals surface area contributed by atoms with E-state index in [1.165, 1.54) is 6.20 Å². The molecule has 0 aliphatic rings. The van der Waals surface area contributed by atoms with Gasteiger partial charge in [0.25, 0.3) is 5.91 Å². The van der Waals surface area contributed by atoms with E-state index in [0.717, 1.165) is 5.56 Å². The van der Waals surface area contributed by atoms with Crippen LogP contribution in [0.3, 0.4) is 0 Å². The summed E-state index contributed by atoms with van der Waals surface area (Å²) in [5, 5.41) is 17.9. The number of aliphatic hydroxyl groups excluding tert-OH is 1. The van der Waals surface area contributed by atoms with Gasteiger partial charge in [-0.2, -0.15) is 5.10 Å². The monoisotopic (exact) mass is 217 g/mol. The largest absolute Gasteiger partial charge is 0.392 e. The van der Waals surface area contributed by atoms with Gasteiger partial charge in [0, 0.05) is 11.8 Å². The Kier molecular flexibility index (Phi) is 2.98. The van der Waals surface area contributed by atoms with Gasteiger partial charge in [-0.1, -0.05) is 12.1 Å². The number of carbonyl (C=O) groups is 1. The van der Waals surface area contributed by atoms with Crippen LogP contribution in [0.25, 0.3) is 0 Å². The first-order valence-corrected chi connectivity index (χ1v) is 4.79. The molecule has 1 aromatic heterocycles. The van der Waals surface area contributed by atoms with Crippen LogP contribution in [0.4, 0.5) is 5.69 Å². The van der Waals surface area contributed by atoms with Crippen molar-refractivity contribution in [2.45, 2.75) is 6.61 Å². The fourth-order valence-corrected chi connectivity index (χ4v) is 1.28. The molecule has 1 amide bonds. The number of benzene rings is 1. The molecule has 0 saturated carbocycles. The van der Waals surface area contributed by atoms with Gasteiger partial charge in [0.05, 0.1) is 18.5 Å². The molecule has 5 heteroatoms. The molecular formula is C11H11N3O2. The minimum atomic E-state index is -0.203. The number of hydrogen-bond donors (Lipinski definition) is 3. The van der Waals surface area contributed by atoms with E-state index in [1.54, 1.807) is 30.5 Å². The Morgan fingerprint density at radius 1 is 1.38 bits per heavy atom. The summed E-state index contributed by atoms with van der Waals surface area (Å²) < 4.78 is 0. The maximum Gasteiger partial charge on any atom is 0.255 e. The van der Waals surface area contributed by atoms with E-state index in [9.17, 15) is 4.79 Å². The molecule has 0 unspecified atom stereocenters. The molecule has 0 aliphatic carbocycles. The van der Waals surface area contributed by atoms with Crippen LogP contribution in [0.2, 0.25) is 0 Å². The van der Waals surface area contributed by atoms with Crippen molar-refractivity contribution in [3.05, 3.63) is 47.8 Å². The van der Waals surface area contributed by atoms with Crippen LogP contribution in [-0.4, -0.2) is 21.2 Å². The lowest BCUT2D eigenvalue weighted by Gasteiger charge is -2.02. The summed E-state index contributed by atoms with van der Waals surface area (Å²) in [7, 11) is 0. The summed E-state index contributed by atoms with van der Waals surface area (Å²) in [5.41, 5.74) is 1.94. The average Bonchev–Trinajstić information content (AvgIpc) is 2.82. The minimum absolute atomic E-state index is 0.0242. The molecule has 3 N–H and O–H groups in total. The lowest BCUT2D eigenvalue weighted by molar-refractivity contribution is 0.102. The molecule has 0 bridgehead atoms. The highest BCUT2D eigenvalue weighted by Crippen LogP contribution is 2.08. The number of aromatic amines is 1. The third-order valence-corrected chi connectivity index (χ3v) is 2.15. The molecule has 0 radical (unpaired) electrons. The summed E-state index contributed by atoms with van der Waals surface area (Å²) in [6, 6.07) is 6.76. The zero-order valence-corrected chi connectivity index (χ0v) is 8.47. The Bertz CT molecular complexity index is 462. The first-order valence-electron chi connectivity index (χ1n) is 4.79. The van der Waals surface area contributed by atoms with Crippen molar-refractivity contribution in [3.8, 4) is 0 Å². The molecule has 5 nitrogen and oxygen atoms in total. The van der Waals surface area contributed by atoms with Crippen molar-refractivity contribution in [3.63, 3.8) is 0 Å². The van der Waals surface area contributed by atoms with E-state index in [2.05, 4.69) is 15.5 Å². The Labute approximate surface area is 92.1 Å². The third kappa shape index (κ3) is 2.26. The molecule has 2 rings (SSSR count). The summed E-state index contributed by atoms with van der Waals surface area (Å²) in [5.74, 6) is -0.203. The van der Waals surface area contributed by atoms with Gasteiger partial charge in [-0.3, -0.25) is 9.89 Å². The number of rotatable bonds is 3. The Morgan fingerprint density at radius 3 is 2.69 bits per heavy atom. The second-order valence-corrected chi connectivity index (χ2v) is 3.30. The van der Waals surface area contributed by atoms with Crippen LogP contribution in [0.5, 0.6) is 0 Å². The number of hydrogen-bond acceptors (Lipinski definition) is 3. The highest BCUT2D eigenvalue weighted by molar-refractivity contribution is 6.04. The molecule has 0 spiro atoms. The summed E-state index contributed by atoms with van der Waals surface area (Å²) >= 11 is 0. The van der Waals surface area contributed by atoms with Crippen LogP contribution in [0, 0.1) is 0 Å². The lowest BCUT2D eigenvalue weighted by atomic mass is 10.1. The van der Waals surface area contributed by atoms with E-state index < -0.39 is 0 Å². The van der Waals surface area contributed by atoms with Gasteiger partial charge in [0.15, 0.2) is 0 Å². The Balaban J connectivity index is 2.09. The van der Waals surface area contributed by atoms with E-state index >= 15 is 0 Å². The van der Waals surface area contributed by atoms with Crippen LogP contribution in [0.15, 0.2) is 36.7 Å². The van der Waals surface area contributed by atoms with Gasteiger partial charge in [-0.05, 0) is 17.7 Å². The van der Waals surface area contributed by atoms with E-state index in [-0.39, 0.29) is 12.5 Å². The molecule has 0 fully saturated rings. The summed E-state index contributed by atoms with van der Waals surface area (Å²) in [6.45, 7) is -0.0242. The maximum atomic E-state index is 11.7. The smallest absolute Gasteiger partial charge is 0.255 e. The lowest BCUT2D eigenvalue weighted by Crippen LogP contribution is -2.11. The van der Waals surface area contributed by atoms with Crippen LogP contribution in [0.1, 0.15) is 15.9 Å². The maximum absolute atomic E-state index is 11.7. The second-order valence-electron chi connectivity index (χ2n) is 3.30. The van der Waals surface area contributed by atoms with Crippen molar-refractivity contribution in [2.24, 2.45) is 0 Å². The second kappa shape index (κ2) is 4.59. The number of aliphatic hydroxyl groups is 1. The normalized spacial score (nSPS) is 10.1. The van der Waals surface area contributed by atoms with Crippen molar-refractivity contribution in [1.82, 2.24) is 10.2 Å². The van der Waals surface area contributed by atoms with Crippen molar-refractivity contribution in [1.29, 1.82) is 0 Å². The highest BCUT2D eigenvalue weighted by Gasteiger charge is 2.05. The average molecular weight is 217 g/mol.